The highest BCUT2D eigenvalue weighted by Crippen LogP contribution is 2.27. The van der Waals surface area contributed by atoms with E-state index in [9.17, 15) is 14.4 Å². The molecule has 0 bridgehead atoms. The Kier molecular flexibility index (Phi) is 7.19. The van der Waals surface area contributed by atoms with Crippen molar-refractivity contribution in [1.29, 1.82) is 0 Å². The van der Waals surface area contributed by atoms with Crippen molar-refractivity contribution in [2.75, 3.05) is 18.4 Å². The number of hydrogen-bond donors (Lipinski definition) is 2. The Labute approximate surface area is 197 Å². The van der Waals surface area contributed by atoms with Crippen LogP contribution in [0.5, 0.6) is 0 Å². The summed E-state index contributed by atoms with van der Waals surface area (Å²) in [5, 5.41) is 7.82. The van der Waals surface area contributed by atoms with Crippen LogP contribution >= 0.6 is 11.3 Å². The van der Waals surface area contributed by atoms with Gasteiger partial charge in [0.1, 0.15) is 0 Å². The Balaban J connectivity index is 1.30. The lowest BCUT2D eigenvalue weighted by atomic mass is 10.0. The molecule has 7 heteroatoms. The minimum Gasteiger partial charge on any atom is -0.352 e. The average Bonchev–Trinajstić information content (AvgIpc) is 3.31. The van der Waals surface area contributed by atoms with E-state index in [4.69, 9.17) is 0 Å². The number of benzene rings is 2. The summed E-state index contributed by atoms with van der Waals surface area (Å²) in [5.41, 5.74) is 3.85. The van der Waals surface area contributed by atoms with Gasteiger partial charge in [0.15, 0.2) is 0 Å². The number of thiophene rings is 1. The van der Waals surface area contributed by atoms with Crippen molar-refractivity contribution in [3.8, 4) is 0 Å². The number of carbonyl (C=O) groups is 3. The van der Waals surface area contributed by atoms with E-state index in [-0.39, 0.29) is 24.1 Å². The van der Waals surface area contributed by atoms with E-state index in [0.717, 1.165) is 12.0 Å². The lowest BCUT2D eigenvalue weighted by Gasteiger charge is -2.28. The molecule has 0 saturated heterocycles. The molecule has 0 radical (unpaired) electrons. The van der Waals surface area contributed by atoms with E-state index in [1.807, 2.05) is 42.2 Å². The molecule has 0 fully saturated rings. The lowest BCUT2D eigenvalue weighted by Crippen LogP contribution is -2.35. The number of amides is 3. The van der Waals surface area contributed by atoms with Gasteiger partial charge in [-0.1, -0.05) is 24.3 Å². The van der Waals surface area contributed by atoms with Crippen molar-refractivity contribution >= 4 is 34.7 Å². The molecule has 4 rings (SSSR count). The molecule has 0 aliphatic carbocycles. The first-order chi connectivity index (χ1) is 16.0. The van der Waals surface area contributed by atoms with Crippen molar-refractivity contribution in [2.45, 2.75) is 32.7 Å². The van der Waals surface area contributed by atoms with Gasteiger partial charge in [0.2, 0.25) is 5.91 Å². The Morgan fingerprint density at radius 1 is 1.03 bits per heavy atom. The maximum atomic E-state index is 13.2. The first-order valence-electron chi connectivity index (χ1n) is 11.1. The summed E-state index contributed by atoms with van der Waals surface area (Å²) in [6.45, 7) is 3.61. The molecule has 0 atom stereocenters. The predicted octanol–water partition coefficient (Wildman–Crippen LogP) is 4.40. The lowest BCUT2D eigenvalue weighted by molar-refractivity contribution is -0.116. The van der Waals surface area contributed by atoms with Gasteiger partial charge in [0, 0.05) is 47.7 Å². The van der Waals surface area contributed by atoms with Gasteiger partial charge in [0.25, 0.3) is 11.8 Å². The van der Waals surface area contributed by atoms with Crippen LogP contribution in [0.25, 0.3) is 0 Å². The van der Waals surface area contributed by atoms with Gasteiger partial charge in [0.05, 0.1) is 0 Å². The third kappa shape index (κ3) is 5.49. The molecule has 3 aromatic rings. The van der Waals surface area contributed by atoms with Crippen molar-refractivity contribution in [3.05, 3.63) is 87.1 Å². The molecule has 6 nitrogen and oxygen atoms in total. The Hall–Kier alpha value is -3.45. The molecule has 33 heavy (non-hydrogen) atoms. The van der Waals surface area contributed by atoms with E-state index in [0.29, 0.717) is 42.9 Å². The van der Waals surface area contributed by atoms with Crippen LogP contribution in [0.3, 0.4) is 0 Å². The fourth-order valence-electron chi connectivity index (χ4n) is 3.95. The number of rotatable bonds is 7. The van der Waals surface area contributed by atoms with Crippen molar-refractivity contribution in [2.24, 2.45) is 0 Å². The molecule has 2 aromatic carbocycles. The molecule has 1 aliphatic rings. The fourth-order valence-corrected chi connectivity index (χ4v) is 4.84. The number of hydrogen-bond acceptors (Lipinski definition) is 4. The molecule has 1 aliphatic heterocycles. The summed E-state index contributed by atoms with van der Waals surface area (Å²) in [5.74, 6) is -0.299. The summed E-state index contributed by atoms with van der Waals surface area (Å²) in [4.78, 5) is 40.9. The second-order valence-corrected chi connectivity index (χ2v) is 9.10. The van der Waals surface area contributed by atoms with E-state index < -0.39 is 0 Å². The summed E-state index contributed by atoms with van der Waals surface area (Å²) >= 11 is 1.75. The minimum atomic E-state index is -0.148. The summed E-state index contributed by atoms with van der Waals surface area (Å²) < 4.78 is 0. The second kappa shape index (κ2) is 10.4. The van der Waals surface area contributed by atoms with Crippen molar-refractivity contribution in [3.63, 3.8) is 0 Å². The first-order valence-corrected chi connectivity index (χ1v) is 12.0. The number of nitrogens with zero attached hydrogens (tertiary/aromatic N) is 1. The van der Waals surface area contributed by atoms with Crippen LogP contribution in [-0.4, -0.2) is 35.7 Å². The quantitative estimate of drug-likeness (QED) is 0.512. The zero-order chi connectivity index (χ0) is 23.2. The molecular formula is C26H27N3O3S. The average molecular weight is 462 g/mol. The maximum Gasteiger partial charge on any atom is 0.254 e. The Morgan fingerprint density at radius 3 is 2.67 bits per heavy atom. The van der Waals surface area contributed by atoms with E-state index in [1.54, 1.807) is 29.5 Å². The van der Waals surface area contributed by atoms with Crippen LogP contribution in [0.2, 0.25) is 0 Å². The van der Waals surface area contributed by atoms with Gasteiger partial charge in [-0.2, -0.15) is 0 Å². The molecular weight excluding hydrogens is 434 g/mol. The fraction of sp³-hybridized carbons (Fsp3) is 0.269. The molecule has 0 saturated carbocycles. The highest BCUT2D eigenvalue weighted by Gasteiger charge is 2.24. The van der Waals surface area contributed by atoms with Gasteiger partial charge in [-0.05, 0) is 66.6 Å². The van der Waals surface area contributed by atoms with Gasteiger partial charge >= 0.3 is 0 Å². The van der Waals surface area contributed by atoms with E-state index in [2.05, 4.69) is 22.1 Å². The highest BCUT2D eigenvalue weighted by atomic mass is 32.1. The van der Waals surface area contributed by atoms with Crippen LogP contribution in [0.4, 0.5) is 5.69 Å². The largest absolute Gasteiger partial charge is 0.352 e. The number of nitrogens with one attached hydrogen (secondary N) is 2. The SMILES string of the molecule is Cc1c(NC(=O)CCCNC(=O)c2ccccc2)cccc1C(=O)N1CCc2sccc2C1. The van der Waals surface area contributed by atoms with Crippen molar-refractivity contribution < 1.29 is 14.4 Å². The first kappa shape index (κ1) is 22.7. The second-order valence-electron chi connectivity index (χ2n) is 8.10. The Bertz CT molecular complexity index is 1160. The third-order valence-corrected chi connectivity index (χ3v) is 6.86. The van der Waals surface area contributed by atoms with Crippen LogP contribution in [0, 0.1) is 6.92 Å². The van der Waals surface area contributed by atoms with Gasteiger partial charge < -0.3 is 15.5 Å². The Morgan fingerprint density at radius 2 is 1.85 bits per heavy atom. The topological polar surface area (TPSA) is 78.5 Å². The molecule has 170 valence electrons. The van der Waals surface area contributed by atoms with Crippen LogP contribution in [0.1, 0.15) is 49.6 Å². The van der Waals surface area contributed by atoms with Gasteiger partial charge in [-0.3, -0.25) is 14.4 Å². The molecule has 0 unspecified atom stereocenters. The normalized spacial score (nSPS) is 12.7. The summed E-state index contributed by atoms with van der Waals surface area (Å²) in [7, 11) is 0. The monoisotopic (exact) mass is 461 g/mol. The molecule has 1 aromatic heterocycles. The molecule has 0 spiro atoms. The molecule has 3 amide bonds. The van der Waals surface area contributed by atoms with E-state index >= 15 is 0 Å². The highest BCUT2D eigenvalue weighted by molar-refractivity contribution is 7.10. The third-order valence-electron chi connectivity index (χ3n) is 5.84. The molecule has 2 N–H and O–H groups in total. The van der Waals surface area contributed by atoms with Crippen molar-refractivity contribution in [1.82, 2.24) is 10.2 Å². The van der Waals surface area contributed by atoms with Crippen LogP contribution in [0.15, 0.2) is 60.0 Å². The smallest absolute Gasteiger partial charge is 0.254 e. The summed E-state index contributed by atoms with van der Waals surface area (Å²) in [6, 6.07) is 16.5. The zero-order valence-corrected chi connectivity index (χ0v) is 19.4. The zero-order valence-electron chi connectivity index (χ0n) is 18.6. The maximum absolute atomic E-state index is 13.2. The van der Waals surface area contributed by atoms with Crippen LogP contribution in [-0.2, 0) is 17.8 Å². The minimum absolute atomic E-state index is 0.0101. The number of carbonyl (C=O) groups excluding carboxylic acids is 3. The predicted molar refractivity (Wildman–Crippen MR) is 131 cm³/mol. The standard InChI is InChI=1S/C26H27N3O3S/c1-18-21(26(32)29-15-12-23-20(17-29)13-16-33-23)9-5-10-22(18)28-24(30)11-6-14-27-25(31)19-7-3-2-4-8-19/h2-5,7-10,13,16H,6,11-12,14-15,17H2,1H3,(H,27,31)(H,28,30). The molecule has 2 heterocycles. The van der Waals surface area contributed by atoms with Gasteiger partial charge in [-0.25, -0.2) is 0 Å². The van der Waals surface area contributed by atoms with Gasteiger partial charge in [-0.15, -0.1) is 11.3 Å². The van der Waals surface area contributed by atoms with Crippen LogP contribution < -0.4 is 10.6 Å². The van der Waals surface area contributed by atoms with E-state index in [1.165, 1.54) is 10.4 Å². The number of fused-ring (bicyclic) bond motifs is 1. The summed E-state index contributed by atoms with van der Waals surface area (Å²) in [6.07, 6.45) is 1.69. The number of anilines is 1.